The van der Waals surface area contributed by atoms with E-state index in [1.807, 2.05) is 23.6 Å². The molecule has 0 N–H and O–H groups in total. The molecule has 1 saturated heterocycles. The summed E-state index contributed by atoms with van der Waals surface area (Å²) in [6.07, 6.45) is 3.45. The smallest absolute Gasteiger partial charge is 0.225 e. The highest BCUT2D eigenvalue weighted by Crippen LogP contribution is 2.42. The van der Waals surface area contributed by atoms with E-state index in [0.29, 0.717) is 32.0 Å². The van der Waals surface area contributed by atoms with Gasteiger partial charge in [-0.15, -0.1) is 0 Å². The van der Waals surface area contributed by atoms with Crippen LogP contribution in [0.5, 0.6) is 0 Å². The summed E-state index contributed by atoms with van der Waals surface area (Å²) in [7, 11) is 0. The SMILES string of the molecule is CC(C)C(=O)N1CCN(C(=O)C2CC3CCC(C2)C3=O)CC1. The van der Waals surface area contributed by atoms with E-state index in [1.54, 1.807) is 0 Å². The van der Waals surface area contributed by atoms with Gasteiger partial charge in [0, 0.05) is 49.9 Å². The Kier molecular flexibility index (Phi) is 4.24. The van der Waals surface area contributed by atoms with Gasteiger partial charge in [0.05, 0.1) is 0 Å². The third kappa shape index (κ3) is 2.77. The molecule has 1 aliphatic heterocycles. The van der Waals surface area contributed by atoms with Crippen LogP contribution in [0.4, 0.5) is 0 Å². The van der Waals surface area contributed by atoms with Crippen molar-refractivity contribution in [3.05, 3.63) is 0 Å². The first-order valence-electron chi connectivity index (χ1n) is 8.58. The van der Waals surface area contributed by atoms with Crippen molar-refractivity contribution in [2.75, 3.05) is 26.2 Å². The highest BCUT2D eigenvalue weighted by Gasteiger charge is 2.44. The van der Waals surface area contributed by atoms with E-state index in [1.165, 1.54) is 0 Å². The van der Waals surface area contributed by atoms with Gasteiger partial charge in [-0.2, -0.15) is 0 Å². The quantitative estimate of drug-likeness (QED) is 0.773. The van der Waals surface area contributed by atoms with Crippen LogP contribution in [-0.2, 0) is 14.4 Å². The monoisotopic (exact) mass is 306 g/mol. The van der Waals surface area contributed by atoms with Crippen LogP contribution < -0.4 is 0 Å². The minimum Gasteiger partial charge on any atom is -0.339 e. The van der Waals surface area contributed by atoms with E-state index in [0.717, 1.165) is 25.7 Å². The van der Waals surface area contributed by atoms with Gasteiger partial charge in [0.25, 0.3) is 0 Å². The molecule has 3 aliphatic rings. The highest BCUT2D eigenvalue weighted by atomic mass is 16.2. The summed E-state index contributed by atoms with van der Waals surface area (Å²) in [4.78, 5) is 40.4. The molecule has 5 heteroatoms. The van der Waals surface area contributed by atoms with E-state index in [4.69, 9.17) is 0 Å². The Labute approximate surface area is 132 Å². The number of Topliss-reactive ketones (excluding diaryl/α,β-unsaturated/α-hetero) is 1. The molecule has 0 aromatic rings. The van der Waals surface area contributed by atoms with Crippen molar-refractivity contribution >= 4 is 17.6 Å². The van der Waals surface area contributed by atoms with Crippen LogP contribution in [0.25, 0.3) is 0 Å². The molecule has 2 saturated carbocycles. The van der Waals surface area contributed by atoms with Gasteiger partial charge in [0.15, 0.2) is 0 Å². The van der Waals surface area contributed by atoms with Gasteiger partial charge in [0.2, 0.25) is 11.8 Å². The molecule has 2 atom stereocenters. The summed E-state index contributed by atoms with van der Waals surface area (Å²) in [5, 5.41) is 0. The van der Waals surface area contributed by atoms with Gasteiger partial charge in [0.1, 0.15) is 5.78 Å². The van der Waals surface area contributed by atoms with Crippen molar-refractivity contribution in [3.8, 4) is 0 Å². The standard InChI is InChI=1S/C17H26N2O3/c1-11(2)16(21)18-5-7-19(8-6-18)17(22)14-9-12-3-4-13(10-14)15(12)20/h11-14H,3-10H2,1-2H3. The molecule has 0 spiro atoms. The minimum atomic E-state index is 0.0160. The largest absolute Gasteiger partial charge is 0.339 e. The molecule has 2 unspecified atom stereocenters. The summed E-state index contributed by atoms with van der Waals surface area (Å²) >= 11 is 0. The predicted molar refractivity (Wildman–Crippen MR) is 81.9 cm³/mol. The number of rotatable bonds is 2. The van der Waals surface area contributed by atoms with Crippen LogP contribution in [0.15, 0.2) is 0 Å². The fourth-order valence-corrected chi connectivity index (χ4v) is 4.24. The molecule has 22 heavy (non-hydrogen) atoms. The average Bonchev–Trinajstić information content (AvgIpc) is 2.75. The van der Waals surface area contributed by atoms with Crippen molar-refractivity contribution in [3.63, 3.8) is 0 Å². The first-order valence-corrected chi connectivity index (χ1v) is 8.58. The van der Waals surface area contributed by atoms with Crippen LogP contribution >= 0.6 is 0 Å². The van der Waals surface area contributed by atoms with E-state index >= 15 is 0 Å². The molecule has 0 aromatic heterocycles. The highest BCUT2D eigenvalue weighted by molar-refractivity contribution is 5.89. The van der Waals surface area contributed by atoms with E-state index in [9.17, 15) is 14.4 Å². The maximum atomic E-state index is 12.7. The summed E-state index contributed by atoms with van der Waals surface area (Å²) in [5.41, 5.74) is 0. The van der Waals surface area contributed by atoms with E-state index in [2.05, 4.69) is 0 Å². The number of nitrogens with zero attached hydrogens (tertiary/aromatic N) is 2. The molecule has 122 valence electrons. The normalized spacial score (nSPS) is 31.8. The van der Waals surface area contributed by atoms with Crippen LogP contribution in [0, 0.1) is 23.7 Å². The minimum absolute atomic E-state index is 0.0160. The Balaban J connectivity index is 1.54. The maximum Gasteiger partial charge on any atom is 0.225 e. The zero-order valence-corrected chi connectivity index (χ0v) is 13.6. The lowest BCUT2D eigenvalue weighted by molar-refractivity contribution is -0.145. The zero-order chi connectivity index (χ0) is 15.9. The molecule has 2 bridgehead atoms. The van der Waals surface area contributed by atoms with E-state index < -0.39 is 0 Å². The molecule has 2 amide bonds. The molecule has 3 fully saturated rings. The lowest BCUT2D eigenvalue weighted by Gasteiger charge is -2.38. The fourth-order valence-electron chi connectivity index (χ4n) is 4.24. The Bertz CT molecular complexity index is 464. The number of amides is 2. The number of ketones is 1. The molecule has 3 rings (SSSR count). The first-order chi connectivity index (χ1) is 10.5. The molecule has 2 aliphatic carbocycles. The van der Waals surface area contributed by atoms with Crippen LogP contribution in [0.2, 0.25) is 0 Å². The number of carbonyl (C=O) groups is 3. The van der Waals surface area contributed by atoms with Gasteiger partial charge in [-0.25, -0.2) is 0 Å². The van der Waals surface area contributed by atoms with Gasteiger partial charge >= 0.3 is 0 Å². The maximum absolute atomic E-state index is 12.7. The second-order valence-electron chi connectivity index (χ2n) is 7.35. The molecule has 5 nitrogen and oxygen atoms in total. The van der Waals surface area contributed by atoms with E-state index in [-0.39, 0.29) is 35.5 Å². The molecular formula is C17H26N2O3. The summed E-state index contributed by atoms with van der Waals surface area (Å²) in [5.74, 6) is 1.10. The van der Waals surface area contributed by atoms with Crippen molar-refractivity contribution < 1.29 is 14.4 Å². The van der Waals surface area contributed by atoms with Crippen LogP contribution in [-0.4, -0.2) is 53.6 Å². The number of fused-ring (bicyclic) bond motifs is 2. The fraction of sp³-hybridized carbons (Fsp3) is 0.824. The van der Waals surface area contributed by atoms with Gasteiger partial charge in [-0.05, 0) is 25.7 Å². The second kappa shape index (κ2) is 6.01. The average molecular weight is 306 g/mol. The van der Waals surface area contributed by atoms with Crippen molar-refractivity contribution in [2.45, 2.75) is 39.5 Å². The predicted octanol–water partition coefficient (Wildman–Crippen LogP) is 1.32. The lowest BCUT2D eigenvalue weighted by Crippen LogP contribution is -2.53. The number of hydrogen-bond donors (Lipinski definition) is 0. The lowest BCUT2D eigenvalue weighted by atomic mass is 9.79. The zero-order valence-electron chi connectivity index (χ0n) is 13.6. The van der Waals surface area contributed by atoms with Crippen LogP contribution in [0.3, 0.4) is 0 Å². The Hall–Kier alpha value is -1.39. The van der Waals surface area contributed by atoms with Gasteiger partial charge in [-0.1, -0.05) is 13.8 Å². The van der Waals surface area contributed by atoms with Gasteiger partial charge < -0.3 is 9.80 Å². The number of piperazine rings is 1. The first kappa shape index (κ1) is 15.5. The van der Waals surface area contributed by atoms with Crippen molar-refractivity contribution in [1.82, 2.24) is 9.80 Å². The Morgan fingerprint density at radius 2 is 1.45 bits per heavy atom. The Morgan fingerprint density at radius 3 is 1.95 bits per heavy atom. The molecule has 0 radical (unpaired) electrons. The number of carbonyl (C=O) groups excluding carboxylic acids is 3. The second-order valence-corrected chi connectivity index (χ2v) is 7.35. The summed E-state index contributed by atoms with van der Waals surface area (Å²) in [6, 6.07) is 0. The third-order valence-corrected chi connectivity index (χ3v) is 5.55. The van der Waals surface area contributed by atoms with Crippen molar-refractivity contribution in [1.29, 1.82) is 0 Å². The molecule has 1 heterocycles. The van der Waals surface area contributed by atoms with Crippen molar-refractivity contribution in [2.24, 2.45) is 23.7 Å². The van der Waals surface area contributed by atoms with Gasteiger partial charge in [-0.3, -0.25) is 14.4 Å². The summed E-state index contributed by atoms with van der Waals surface area (Å²) < 4.78 is 0. The number of hydrogen-bond acceptors (Lipinski definition) is 3. The molecule has 0 aromatic carbocycles. The van der Waals surface area contributed by atoms with Crippen LogP contribution in [0.1, 0.15) is 39.5 Å². The topological polar surface area (TPSA) is 57.7 Å². The third-order valence-electron chi connectivity index (χ3n) is 5.55. The Morgan fingerprint density at radius 1 is 0.955 bits per heavy atom. The molecular weight excluding hydrogens is 280 g/mol. The summed E-state index contributed by atoms with van der Waals surface area (Å²) in [6.45, 7) is 6.38.